The number of benzene rings is 2. The summed E-state index contributed by atoms with van der Waals surface area (Å²) in [5.41, 5.74) is 3.61. The largest absolute Gasteiger partial charge is 0.489 e. The van der Waals surface area contributed by atoms with E-state index in [9.17, 15) is 14.4 Å². The van der Waals surface area contributed by atoms with E-state index in [0.717, 1.165) is 30.8 Å². The van der Waals surface area contributed by atoms with Crippen molar-refractivity contribution in [3.8, 4) is 5.75 Å². The Balaban J connectivity index is 1.16. The summed E-state index contributed by atoms with van der Waals surface area (Å²) in [6, 6.07) is 12.3. The second-order valence-corrected chi connectivity index (χ2v) is 10.0. The molecule has 37 heavy (non-hydrogen) atoms. The van der Waals surface area contributed by atoms with Crippen LogP contribution in [0.1, 0.15) is 63.9 Å². The van der Waals surface area contributed by atoms with Gasteiger partial charge in [-0.2, -0.15) is 0 Å². The lowest BCUT2D eigenvalue weighted by Crippen LogP contribution is -2.49. The van der Waals surface area contributed by atoms with E-state index in [4.69, 9.17) is 4.74 Å². The predicted octanol–water partition coefficient (Wildman–Crippen LogP) is 3.23. The molecule has 0 aliphatic carbocycles. The Morgan fingerprint density at radius 2 is 1.86 bits per heavy atom. The molecule has 2 aromatic carbocycles. The van der Waals surface area contributed by atoms with Crippen molar-refractivity contribution in [1.29, 1.82) is 0 Å². The molecule has 3 amide bonds. The zero-order chi connectivity index (χ0) is 25.8. The third-order valence-electron chi connectivity index (χ3n) is 7.42. The number of carbonyl (C=O) groups is 3. The minimum atomic E-state index is -0.503. The molecule has 3 aliphatic heterocycles. The molecule has 0 radical (unpaired) electrons. The van der Waals surface area contributed by atoms with Crippen LogP contribution in [0.4, 0.5) is 0 Å². The van der Waals surface area contributed by atoms with Crippen molar-refractivity contribution in [3.05, 3.63) is 77.0 Å². The average molecular weight is 503 g/mol. The zero-order valence-corrected chi connectivity index (χ0v) is 21.1. The maximum Gasteiger partial charge on any atom is 0.255 e. The van der Waals surface area contributed by atoms with E-state index in [1.807, 2.05) is 30.3 Å². The minimum Gasteiger partial charge on any atom is -0.489 e. The third-order valence-corrected chi connectivity index (χ3v) is 7.42. The van der Waals surface area contributed by atoms with Gasteiger partial charge in [-0.15, -0.1) is 0 Å². The molecule has 1 unspecified atom stereocenters. The van der Waals surface area contributed by atoms with Crippen LogP contribution in [0.15, 0.2) is 54.7 Å². The molecule has 3 aliphatic rings. The number of hydrogen-bond donors (Lipinski definition) is 2. The smallest absolute Gasteiger partial charge is 0.255 e. The minimum absolute atomic E-state index is 0.0701. The first kappa shape index (κ1) is 25.0. The Morgan fingerprint density at radius 3 is 2.62 bits per heavy atom. The number of carbonyl (C=O) groups excluding carboxylic acids is 3. The first-order valence-corrected chi connectivity index (χ1v) is 13.1. The quantitative estimate of drug-likeness (QED) is 0.579. The Morgan fingerprint density at radius 1 is 1.08 bits per heavy atom. The first-order chi connectivity index (χ1) is 18.0. The van der Waals surface area contributed by atoms with Crippen LogP contribution in [-0.2, 0) is 17.9 Å². The number of piperidine rings is 2. The predicted molar refractivity (Wildman–Crippen MR) is 140 cm³/mol. The molecule has 8 nitrogen and oxygen atoms in total. The molecule has 3 heterocycles. The van der Waals surface area contributed by atoms with Crippen LogP contribution in [0.5, 0.6) is 5.75 Å². The van der Waals surface area contributed by atoms with E-state index in [1.54, 1.807) is 17.0 Å². The van der Waals surface area contributed by atoms with Crippen LogP contribution >= 0.6 is 0 Å². The lowest BCUT2D eigenvalue weighted by atomic mass is 10.0. The normalized spacial score (nSPS) is 19.9. The molecule has 0 bridgehead atoms. The number of amides is 3. The summed E-state index contributed by atoms with van der Waals surface area (Å²) >= 11 is 0. The number of allylic oxidation sites excluding steroid dienone is 1. The van der Waals surface area contributed by atoms with Gasteiger partial charge >= 0.3 is 0 Å². The van der Waals surface area contributed by atoms with Crippen LogP contribution in [0.25, 0.3) is 0 Å². The van der Waals surface area contributed by atoms with Crippen LogP contribution in [0.2, 0.25) is 0 Å². The lowest BCUT2D eigenvalue weighted by Gasteiger charge is -2.31. The van der Waals surface area contributed by atoms with Gasteiger partial charge in [-0.3, -0.25) is 14.4 Å². The van der Waals surface area contributed by atoms with E-state index >= 15 is 0 Å². The van der Waals surface area contributed by atoms with Gasteiger partial charge in [0.25, 0.3) is 11.8 Å². The van der Waals surface area contributed by atoms with Crippen LogP contribution < -0.4 is 15.4 Å². The monoisotopic (exact) mass is 502 g/mol. The third kappa shape index (κ3) is 5.69. The standard InChI is InChI=1S/C29H34N4O4/c1-20-8-13-25(28(35)31-20)33-18-24-23(29(33)36)6-5-7-26(24)37-19-21-9-11-22(12-10-21)27(34)30-14-17-32-15-3-2-4-16-32/h5-7,9-12,25H,1-4,8,13-19H2,(H,30,34)(H,31,35). The molecule has 8 heteroatoms. The Labute approximate surface area is 217 Å². The van der Waals surface area contributed by atoms with Crippen molar-refractivity contribution in [1.82, 2.24) is 20.4 Å². The molecule has 0 saturated carbocycles. The van der Waals surface area contributed by atoms with Gasteiger partial charge in [0.1, 0.15) is 18.4 Å². The molecule has 2 saturated heterocycles. The van der Waals surface area contributed by atoms with Gasteiger partial charge in [-0.05, 0) is 68.6 Å². The number of hydrogen-bond acceptors (Lipinski definition) is 5. The molecule has 2 N–H and O–H groups in total. The summed E-state index contributed by atoms with van der Waals surface area (Å²) in [6.07, 6.45) is 5.02. The summed E-state index contributed by atoms with van der Waals surface area (Å²) in [5, 5.41) is 5.78. The highest BCUT2D eigenvalue weighted by molar-refractivity contribution is 6.02. The second kappa shape index (κ2) is 11.2. The number of nitrogens with zero attached hydrogens (tertiary/aromatic N) is 2. The van der Waals surface area contributed by atoms with Gasteiger partial charge in [0.05, 0.1) is 6.54 Å². The topological polar surface area (TPSA) is 91.0 Å². The lowest BCUT2D eigenvalue weighted by molar-refractivity contribution is -0.126. The van der Waals surface area contributed by atoms with Crippen molar-refractivity contribution >= 4 is 17.7 Å². The maximum atomic E-state index is 13.0. The van der Waals surface area contributed by atoms with E-state index in [0.29, 0.717) is 55.1 Å². The highest BCUT2D eigenvalue weighted by Crippen LogP contribution is 2.34. The zero-order valence-electron chi connectivity index (χ0n) is 21.1. The van der Waals surface area contributed by atoms with E-state index in [-0.39, 0.29) is 17.7 Å². The van der Waals surface area contributed by atoms with Crippen molar-refractivity contribution in [2.45, 2.75) is 51.3 Å². The summed E-state index contributed by atoms with van der Waals surface area (Å²) in [6.45, 7) is 8.24. The highest BCUT2D eigenvalue weighted by Gasteiger charge is 2.39. The fourth-order valence-electron chi connectivity index (χ4n) is 5.30. The van der Waals surface area contributed by atoms with Gasteiger partial charge in [0, 0.05) is 35.5 Å². The van der Waals surface area contributed by atoms with Crippen LogP contribution in [-0.4, -0.2) is 59.7 Å². The summed E-state index contributed by atoms with van der Waals surface area (Å²) in [7, 11) is 0. The highest BCUT2D eigenvalue weighted by atomic mass is 16.5. The van der Waals surface area contributed by atoms with Crippen molar-refractivity contribution in [2.24, 2.45) is 0 Å². The van der Waals surface area contributed by atoms with Crippen molar-refractivity contribution in [3.63, 3.8) is 0 Å². The first-order valence-electron chi connectivity index (χ1n) is 13.1. The van der Waals surface area contributed by atoms with E-state index in [1.165, 1.54) is 19.3 Å². The summed E-state index contributed by atoms with van der Waals surface area (Å²) < 4.78 is 6.10. The Hall–Kier alpha value is -3.65. The molecule has 5 rings (SSSR count). The molecular weight excluding hydrogens is 468 g/mol. The Bertz CT molecular complexity index is 1190. The van der Waals surface area contributed by atoms with Crippen LogP contribution in [0.3, 0.4) is 0 Å². The fraction of sp³-hybridized carbons (Fsp3) is 0.414. The number of nitrogens with one attached hydrogen (secondary N) is 2. The molecule has 2 aromatic rings. The number of rotatable bonds is 8. The van der Waals surface area contributed by atoms with Crippen molar-refractivity contribution < 1.29 is 19.1 Å². The second-order valence-electron chi connectivity index (χ2n) is 10.0. The van der Waals surface area contributed by atoms with Gasteiger partial charge in [0.15, 0.2) is 0 Å². The fourth-order valence-corrected chi connectivity index (χ4v) is 5.30. The molecular formula is C29H34N4O4. The van der Waals surface area contributed by atoms with E-state index < -0.39 is 6.04 Å². The summed E-state index contributed by atoms with van der Waals surface area (Å²) in [5.74, 6) is 0.229. The molecule has 194 valence electrons. The number of likely N-dealkylation sites (tertiary alicyclic amines) is 1. The maximum absolute atomic E-state index is 13.0. The molecule has 0 spiro atoms. The van der Waals surface area contributed by atoms with Gasteiger partial charge in [-0.25, -0.2) is 0 Å². The SMILES string of the molecule is C=C1CCC(N2Cc3c(OCc4ccc(C(=O)NCCN5CCCCC5)cc4)cccc3C2=O)C(=O)N1. The van der Waals surface area contributed by atoms with Crippen molar-refractivity contribution in [2.75, 3.05) is 26.2 Å². The van der Waals surface area contributed by atoms with Gasteiger partial charge < -0.3 is 25.2 Å². The van der Waals surface area contributed by atoms with Gasteiger partial charge in [-0.1, -0.05) is 31.2 Å². The van der Waals surface area contributed by atoms with E-state index in [2.05, 4.69) is 22.1 Å². The molecule has 1 atom stereocenters. The number of ether oxygens (including phenoxy) is 1. The summed E-state index contributed by atoms with van der Waals surface area (Å²) in [4.78, 5) is 42.0. The molecule has 0 aromatic heterocycles. The molecule has 2 fully saturated rings. The Kier molecular flexibility index (Phi) is 7.55. The van der Waals surface area contributed by atoms with Gasteiger partial charge in [0.2, 0.25) is 5.91 Å². The average Bonchev–Trinajstić information content (AvgIpc) is 3.25. The number of fused-ring (bicyclic) bond motifs is 1. The van der Waals surface area contributed by atoms with Crippen LogP contribution in [0, 0.1) is 0 Å².